The number of nitrogens with one attached hydrogen (secondary N) is 1. The van der Waals surface area contributed by atoms with Crippen LogP contribution >= 0.6 is 0 Å². The minimum Gasteiger partial charge on any atom is -0.480 e. The van der Waals surface area contributed by atoms with Crippen molar-refractivity contribution >= 4 is 32.4 Å². The van der Waals surface area contributed by atoms with Crippen LogP contribution in [0.15, 0.2) is 83.9 Å². The van der Waals surface area contributed by atoms with E-state index in [0.717, 1.165) is 18.2 Å². The standard InChI is InChI=1S/C27H19F3N4O3S/c1-37-27-22(34-38(35,36)25-19(28)8-5-9-20(25)29)13-17(14-32-27)16-10-11-21-18(12-16)24(30)23(26(31)33-21)15-6-3-2-4-7-15/h2-14,34H,1H3,(H2,31,33). The van der Waals surface area contributed by atoms with E-state index in [0.29, 0.717) is 22.2 Å². The highest BCUT2D eigenvalue weighted by atomic mass is 32.2. The lowest BCUT2D eigenvalue weighted by atomic mass is 10.00. The Morgan fingerprint density at radius 3 is 2.26 bits per heavy atom. The summed E-state index contributed by atoms with van der Waals surface area (Å²) in [7, 11) is -3.43. The lowest BCUT2D eigenvalue weighted by Crippen LogP contribution is -2.17. The van der Waals surface area contributed by atoms with Crippen molar-refractivity contribution in [2.45, 2.75) is 4.90 Å². The number of hydrogen-bond donors (Lipinski definition) is 2. The number of aromatic nitrogens is 2. The third-order valence-corrected chi connectivity index (χ3v) is 7.24. The third-order valence-electron chi connectivity index (χ3n) is 5.82. The van der Waals surface area contributed by atoms with Gasteiger partial charge >= 0.3 is 0 Å². The number of pyridine rings is 2. The molecule has 3 aromatic carbocycles. The van der Waals surface area contributed by atoms with Crippen molar-refractivity contribution in [2.24, 2.45) is 0 Å². The highest BCUT2D eigenvalue weighted by molar-refractivity contribution is 7.92. The van der Waals surface area contributed by atoms with Gasteiger partial charge in [-0.3, -0.25) is 4.72 Å². The van der Waals surface area contributed by atoms with Gasteiger partial charge in [-0.1, -0.05) is 42.5 Å². The average Bonchev–Trinajstić information content (AvgIpc) is 2.88. The molecule has 0 unspecified atom stereocenters. The predicted molar refractivity (Wildman–Crippen MR) is 138 cm³/mol. The number of sulfonamides is 1. The number of halogens is 3. The maximum Gasteiger partial charge on any atom is 0.267 e. The Labute approximate surface area is 215 Å². The molecule has 3 N–H and O–H groups in total. The minimum absolute atomic E-state index is 0.0390. The number of fused-ring (bicyclic) bond motifs is 1. The lowest BCUT2D eigenvalue weighted by Gasteiger charge is -2.14. The second kappa shape index (κ2) is 9.67. The van der Waals surface area contributed by atoms with Crippen molar-refractivity contribution in [3.63, 3.8) is 0 Å². The summed E-state index contributed by atoms with van der Waals surface area (Å²) in [5, 5.41) is 0.182. The number of nitrogens with two attached hydrogens (primary N) is 1. The van der Waals surface area contributed by atoms with Crippen molar-refractivity contribution in [2.75, 3.05) is 17.6 Å². The molecule has 2 aromatic heterocycles. The van der Waals surface area contributed by atoms with Gasteiger partial charge < -0.3 is 10.5 Å². The molecule has 0 spiro atoms. The van der Waals surface area contributed by atoms with E-state index >= 15 is 4.39 Å². The molecule has 0 aliphatic rings. The first kappa shape index (κ1) is 25.0. The largest absolute Gasteiger partial charge is 0.480 e. The SMILES string of the molecule is COc1ncc(-c2ccc3nc(N)c(-c4ccccc4)c(F)c3c2)cc1NS(=O)(=O)c1c(F)cccc1F. The first-order chi connectivity index (χ1) is 18.2. The van der Waals surface area contributed by atoms with E-state index < -0.39 is 32.4 Å². The Morgan fingerprint density at radius 1 is 0.868 bits per heavy atom. The summed E-state index contributed by atoms with van der Waals surface area (Å²) in [5.74, 6) is -3.19. The van der Waals surface area contributed by atoms with Gasteiger partial charge in [-0.15, -0.1) is 0 Å². The second-order valence-electron chi connectivity index (χ2n) is 8.22. The topological polar surface area (TPSA) is 107 Å². The Balaban J connectivity index is 1.60. The summed E-state index contributed by atoms with van der Waals surface area (Å²) in [6.45, 7) is 0. The molecule has 2 heterocycles. The van der Waals surface area contributed by atoms with Crippen LogP contribution in [0.3, 0.4) is 0 Å². The number of benzene rings is 3. The monoisotopic (exact) mass is 536 g/mol. The molecule has 0 radical (unpaired) electrons. The van der Waals surface area contributed by atoms with Crippen molar-refractivity contribution in [1.82, 2.24) is 9.97 Å². The second-order valence-corrected chi connectivity index (χ2v) is 9.84. The van der Waals surface area contributed by atoms with Crippen LogP contribution in [0.25, 0.3) is 33.2 Å². The average molecular weight is 537 g/mol. The normalized spacial score (nSPS) is 11.5. The Morgan fingerprint density at radius 2 is 1.58 bits per heavy atom. The number of methoxy groups -OCH3 is 1. The number of nitrogens with zero attached hydrogens (tertiary/aromatic N) is 2. The molecule has 0 fully saturated rings. The number of anilines is 2. The Bertz CT molecular complexity index is 1780. The van der Waals surface area contributed by atoms with E-state index in [-0.39, 0.29) is 28.3 Å². The van der Waals surface area contributed by atoms with Crippen molar-refractivity contribution < 1.29 is 26.3 Å². The molecule has 192 valence electrons. The summed E-state index contributed by atoms with van der Waals surface area (Å²) in [6, 6.07) is 17.6. The van der Waals surface area contributed by atoms with Crippen LogP contribution in [-0.2, 0) is 10.0 Å². The first-order valence-corrected chi connectivity index (χ1v) is 12.6. The van der Waals surface area contributed by atoms with Crippen LogP contribution in [0.5, 0.6) is 5.88 Å². The van der Waals surface area contributed by atoms with Crippen molar-refractivity contribution in [3.8, 4) is 28.1 Å². The maximum absolute atomic E-state index is 15.7. The molecule has 0 bridgehead atoms. The van der Waals surface area contributed by atoms with Gasteiger partial charge in [0.05, 0.1) is 18.2 Å². The molecule has 0 amide bonds. The van der Waals surface area contributed by atoms with Gasteiger partial charge in [-0.05, 0) is 41.5 Å². The smallest absolute Gasteiger partial charge is 0.267 e. The summed E-state index contributed by atoms with van der Waals surface area (Å²) in [5.41, 5.74) is 7.76. The molecule has 0 aliphatic carbocycles. The van der Waals surface area contributed by atoms with E-state index in [9.17, 15) is 17.2 Å². The molecule has 11 heteroatoms. The summed E-state index contributed by atoms with van der Waals surface area (Å²) >= 11 is 0. The van der Waals surface area contributed by atoms with Crippen LogP contribution in [0.4, 0.5) is 24.7 Å². The molecule has 38 heavy (non-hydrogen) atoms. The Kier molecular flexibility index (Phi) is 6.37. The molecule has 7 nitrogen and oxygen atoms in total. The molecule has 0 saturated carbocycles. The zero-order valence-electron chi connectivity index (χ0n) is 19.7. The third kappa shape index (κ3) is 4.48. The van der Waals surface area contributed by atoms with E-state index in [4.69, 9.17) is 10.5 Å². The van der Waals surface area contributed by atoms with Crippen LogP contribution in [0.2, 0.25) is 0 Å². The lowest BCUT2D eigenvalue weighted by molar-refractivity contribution is 0.400. The van der Waals surface area contributed by atoms with E-state index in [1.807, 2.05) is 0 Å². The van der Waals surface area contributed by atoms with Gasteiger partial charge in [0.2, 0.25) is 5.88 Å². The molecule has 0 saturated heterocycles. The van der Waals surface area contributed by atoms with Crippen molar-refractivity contribution in [3.05, 3.63) is 96.4 Å². The quantitative estimate of drug-likeness (QED) is 0.285. The summed E-state index contributed by atoms with van der Waals surface area (Å²) in [6.07, 6.45) is 1.39. The fourth-order valence-electron chi connectivity index (χ4n) is 4.08. The Hall–Kier alpha value is -4.64. The van der Waals surface area contributed by atoms with Crippen LogP contribution in [0, 0.1) is 17.5 Å². The van der Waals surface area contributed by atoms with Crippen LogP contribution in [-0.4, -0.2) is 25.5 Å². The van der Waals surface area contributed by atoms with Crippen LogP contribution in [0.1, 0.15) is 0 Å². The van der Waals surface area contributed by atoms with Gasteiger partial charge in [-0.25, -0.2) is 31.6 Å². The van der Waals surface area contributed by atoms with Gasteiger partial charge in [0, 0.05) is 17.1 Å². The van der Waals surface area contributed by atoms with E-state index in [1.165, 1.54) is 25.4 Å². The molecule has 5 rings (SSSR count). The summed E-state index contributed by atoms with van der Waals surface area (Å²) < 4.78 is 77.0. The van der Waals surface area contributed by atoms with E-state index in [1.54, 1.807) is 42.5 Å². The van der Waals surface area contributed by atoms with Gasteiger partial charge in [0.1, 0.15) is 29.0 Å². The van der Waals surface area contributed by atoms with E-state index in [2.05, 4.69) is 14.7 Å². The van der Waals surface area contributed by atoms with Gasteiger partial charge in [0.25, 0.3) is 10.0 Å². The highest BCUT2D eigenvalue weighted by Crippen LogP contribution is 2.36. The maximum atomic E-state index is 15.7. The fourth-order valence-corrected chi connectivity index (χ4v) is 5.27. The molecular formula is C27H19F3N4O3S. The minimum atomic E-state index is -4.69. The highest BCUT2D eigenvalue weighted by Gasteiger charge is 2.26. The van der Waals surface area contributed by atoms with Crippen LogP contribution < -0.4 is 15.2 Å². The zero-order valence-corrected chi connectivity index (χ0v) is 20.6. The number of rotatable bonds is 6. The molecular weight excluding hydrogens is 517 g/mol. The molecule has 0 aliphatic heterocycles. The van der Waals surface area contributed by atoms with Crippen molar-refractivity contribution in [1.29, 1.82) is 0 Å². The fraction of sp³-hybridized carbons (Fsp3) is 0.0370. The van der Waals surface area contributed by atoms with Gasteiger partial charge in [0.15, 0.2) is 4.90 Å². The number of nitrogen functional groups attached to an aromatic ring is 1. The van der Waals surface area contributed by atoms with Gasteiger partial charge in [-0.2, -0.15) is 0 Å². The summed E-state index contributed by atoms with van der Waals surface area (Å²) in [4.78, 5) is 7.30. The number of ether oxygens (including phenoxy) is 1. The molecule has 5 aromatic rings. The first-order valence-electron chi connectivity index (χ1n) is 11.1. The molecule has 0 atom stereocenters. The predicted octanol–water partition coefficient (Wildman–Crippen LogP) is 5.77. The number of hydrogen-bond acceptors (Lipinski definition) is 6. The zero-order chi connectivity index (χ0) is 27.0.